The number of carboxylic acids is 1. The molecular formula is C15H23NO3. The molecule has 0 amide bonds. The van der Waals surface area contributed by atoms with E-state index in [4.69, 9.17) is 9.84 Å². The molecule has 0 aromatic carbocycles. The Kier molecular flexibility index (Phi) is 4.56. The van der Waals surface area contributed by atoms with Crippen molar-refractivity contribution in [3.05, 3.63) is 23.4 Å². The van der Waals surface area contributed by atoms with Crippen molar-refractivity contribution in [3.8, 4) is 5.88 Å². The first-order valence-corrected chi connectivity index (χ1v) is 6.53. The van der Waals surface area contributed by atoms with Gasteiger partial charge in [0, 0.05) is 11.5 Å². The molecule has 4 heteroatoms. The molecule has 1 heterocycles. The standard InChI is InChI=1S/C15H23NO3/c1-9(2)10(3)19-13-8-11(14(17)18)7-12(16-13)15(4,5)6/h7-10H,1-6H3,(H,17,18). The fourth-order valence-electron chi connectivity index (χ4n) is 1.40. The maximum absolute atomic E-state index is 11.2. The molecule has 1 rings (SSSR count). The molecule has 19 heavy (non-hydrogen) atoms. The summed E-state index contributed by atoms with van der Waals surface area (Å²) in [7, 11) is 0. The molecular weight excluding hydrogens is 242 g/mol. The minimum Gasteiger partial charge on any atom is -0.478 e. The molecule has 1 unspecified atom stereocenters. The lowest BCUT2D eigenvalue weighted by atomic mass is 9.91. The second-order valence-corrected chi connectivity index (χ2v) is 6.20. The lowest BCUT2D eigenvalue weighted by Crippen LogP contribution is -2.21. The normalized spacial score (nSPS) is 13.4. The Hall–Kier alpha value is -1.58. The Morgan fingerprint density at radius 1 is 1.26 bits per heavy atom. The third-order valence-corrected chi connectivity index (χ3v) is 3.06. The third-order valence-electron chi connectivity index (χ3n) is 3.06. The predicted molar refractivity (Wildman–Crippen MR) is 74.8 cm³/mol. The SMILES string of the molecule is CC(C)C(C)Oc1cc(C(=O)O)cc(C(C)(C)C)n1. The Labute approximate surface area is 114 Å². The van der Waals surface area contributed by atoms with Gasteiger partial charge in [-0.05, 0) is 18.9 Å². The van der Waals surface area contributed by atoms with Crippen LogP contribution < -0.4 is 4.74 Å². The van der Waals surface area contributed by atoms with E-state index in [2.05, 4.69) is 18.8 Å². The Morgan fingerprint density at radius 3 is 2.26 bits per heavy atom. The van der Waals surface area contributed by atoms with Gasteiger partial charge in [0.2, 0.25) is 5.88 Å². The fraction of sp³-hybridized carbons (Fsp3) is 0.600. The summed E-state index contributed by atoms with van der Waals surface area (Å²) < 4.78 is 5.73. The monoisotopic (exact) mass is 265 g/mol. The van der Waals surface area contributed by atoms with Crippen LogP contribution in [0.15, 0.2) is 12.1 Å². The number of carbonyl (C=O) groups is 1. The van der Waals surface area contributed by atoms with E-state index in [1.165, 1.54) is 6.07 Å². The quantitative estimate of drug-likeness (QED) is 0.905. The van der Waals surface area contributed by atoms with E-state index in [0.717, 1.165) is 5.69 Å². The number of pyridine rings is 1. The molecule has 1 aromatic rings. The molecule has 0 radical (unpaired) electrons. The van der Waals surface area contributed by atoms with Gasteiger partial charge in [0.1, 0.15) is 0 Å². The maximum Gasteiger partial charge on any atom is 0.335 e. The number of aromatic nitrogens is 1. The summed E-state index contributed by atoms with van der Waals surface area (Å²) >= 11 is 0. The van der Waals surface area contributed by atoms with Crippen molar-refractivity contribution >= 4 is 5.97 Å². The fourth-order valence-corrected chi connectivity index (χ4v) is 1.40. The number of hydrogen-bond donors (Lipinski definition) is 1. The van der Waals surface area contributed by atoms with Gasteiger partial charge in [0.15, 0.2) is 0 Å². The molecule has 0 saturated heterocycles. The number of aromatic carboxylic acids is 1. The van der Waals surface area contributed by atoms with Crippen LogP contribution >= 0.6 is 0 Å². The highest BCUT2D eigenvalue weighted by Gasteiger charge is 2.20. The molecule has 0 saturated carbocycles. The zero-order chi connectivity index (χ0) is 14.8. The smallest absolute Gasteiger partial charge is 0.335 e. The van der Waals surface area contributed by atoms with Gasteiger partial charge in [0.05, 0.1) is 17.4 Å². The minimum atomic E-state index is -0.963. The lowest BCUT2D eigenvalue weighted by molar-refractivity contribution is 0.0695. The van der Waals surface area contributed by atoms with Crippen molar-refractivity contribution in [2.45, 2.75) is 53.1 Å². The van der Waals surface area contributed by atoms with Crippen molar-refractivity contribution in [1.29, 1.82) is 0 Å². The predicted octanol–water partition coefficient (Wildman–Crippen LogP) is 3.50. The molecule has 1 atom stereocenters. The highest BCUT2D eigenvalue weighted by Crippen LogP contribution is 2.25. The van der Waals surface area contributed by atoms with Gasteiger partial charge < -0.3 is 9.84 Å². The Balaban J connectivity index is 3.17. The van der Waals surface area contributed by atoms with Crippen molar-refractivity contribution in [1.82, 2.24) is 4.98 Å². The Bertz CT molecular complexity index is 461. The van der Waals surface area contributed by atoms with Crippen LogP contribution in [0.1, 0.15) is 57.6 Å². The van der Waals surface area contributed by atoms with E-state index < -0.39 is 5.97 Å². The van der Waals surface area contributed by atoms with E-state index in [-0.39, 0.29) is 17.1 Å². The summed E-state index contributed by atoms with van der Waals surface area (Å²) in [6, 6.07) is 3.09. The van der Waals surface area contributed by atoms with Crippen LogP contribution in [0.4, 0.5) is 0 Å². The van der Waals surface area contributed by atoms with Crippen LogP contribution in [0.3, 0.4) is 0 Å². The first kappa shape index (κ1) is 15.5. The highest BCUT2D eigenvalue weighted by molar-refractivity contribution is 5.88. The maximum atomic E-state index is 11.2. The average Bonchev–Trinajstić information content (AvgIpc) is 2.27. The van der Waals surface area contributed by atoms with Crippen LogP contribution in [-0.2, 0) is 5.41 Å². The zero-order valence-corrected chi connectivity index (χ0v) is 12.5. The molecule has 106 valence electrons. The Morgan fingerprint density at radius 2 is 1.84 bits per heavy atom. The molecule has 0 spiro atoms. The zero-order valence-electron chi connectivity index (χ0n) is 12.5. The van der Waals surface area contributed by atoms with E-state index in [1.54, 1.807) is 6.07 Å². The van der Waals surface area contributed by atoms with Crippen molar-refractivity contribution in [2.75, 3.05) is 0 Å². The number of rotatable bonds is 4. The number of ether oxygens (including phenoxy) is 1. The van der Waals surface area contributed by atoms with Crippen LogP contribution in [0, 0.1) is 5.92 Å². The molecule has 0 bridgehead atoms. The van der Waals surface area contributed by atoms with Gasteiger partial charge in [-0.1, -0.05) is 34.6 Å². The number of nitrogens with zero attached hydrogens (tertiary/aromatic N) is 1. The van der Waals surface area contributed by atoms with Crippen LogP contribution in [0.5, 0.6) is 5.88 Å². The second kappa shape index (κ2) is 5.59. The molecule has 0 aliphatic carbocycles. The molecule has 1 N–H and O–H groups in total. The van der Waals surface area contributed by atoms with E-state index in [1.807, 2.05) is 27.7 Å². The summed E-state index contributed by atoms with van der Waals surface area (Å²) in [4.78, 5) is 15.6. The summed E-state index contributed by atoms with van der Waals surface area (Å²) in [5, 5.41) is 9.16. The summed E-state index contributed by atoms with van der Waals surface area (Å²) in [5.74, 6) is -0.241. The summed E-state index contributed by atoms with van der Waals surface area (Å²) in [5.41, 5.74) is 0.717. The molecule has 0 fully saturated rings. The van der Waals surface area contributed by atoms with Gasteiger partial charge in [-0.3, -0.25) is 0 Å². The van der Waals surface area contributed by atoms with Crippen LogP contribution in [0.2, 0.25) is 0 Å². The third kappa shape index (κ3) is 4.23. The van der Waals surface area contributed by atoms with Crippen molar-refractivity contribution in [2.24, 2.45) is 5.92 Å². The van der Waals surface area contributed by atoms with Gasteiger partial charge >= 0.3 is 5.97 Å². The molecule has 0 aliphatic rings. The summed E-state index contributed by atoms with van der Waals surface area (Å²) in [6.07, 6.45) is -0.00985. The van der Waals surface area contributed by atoms with Gasteiger partial charge in [-0.2, -0.15) is 0 Å². The topological polar surface area (TPSA) is 59.4 Å². The van der Waals surface area contributed by atoms with E-state index in [9.17, 15) is 4.79 Å². The number of hydrogen-bond acceptors (Lipinski definition) is 3. The molecule has 0 aliphatic heterocycles. The van der Waals surface area contributed by atoms with Crippen molar-refractivity contribution in [3.63, 3.8) is 0 Å². The van der Waals surface area contributed by atoms with Gasteiger partial charge in [-0.15, -0.1) is 0 Å². The second-order valence-electron chi connectivity index (χ2n) is 6.20. The lowest BCUT2D eigenvalue weighted by Gasteiger charge is -2.22. The molecule has 1 aromatic heterocycles. The minimum absolute atomic E-state index is 0.00985. The largest absolute Gasteiger partial charge is 0.478 e. The van der Waals surface area contributed by atoms with Crippen molar-refractivity contribution < 1.29 is 14.6 Å². The number of carboxylic acid groups (broad SMARTS) is 1. The first-order chi connectivity index (χ1) is 8.61. The average molecular weight is 265 g/mol. The molecule has 4 nitrogen and oxygen atoms in total. The van der Waals surface area contributed by atoms with Gasteiger partial charge in [-0.25, -0.2) is 9.78 Å². The highest BCUT2D eigenvalue weighted by atomic mass is 16.5. The van der Waals surface area contributed by atoms with Gasteiger partial charge in [0.25, 0.3) is 0 Å². The van der Waals surface area contributed by atoms with Crippen LogP contribution in [-0.4, -0.2) is 22.2 Å². The van der Waals surface area contributed by atoms with E-state index >= 15 is 0 Å². The first-order valence-electron chi connectivity index (χ1n) is 6.53. The van der Waals surface area contributed by atoms with Crippen LogP contribution in [0.25, 0.3) is 0 Å². The summed E-state index contributed by atoms with van der Waals surface area (Å²) in [6.45, 7) is 12.0. The van der Waals surface area contributed by atoms with E-state index in [0.29, 0.717) is 11.8 Å².